The third kappa shape index (κ3) is 4.03. The number of nitriles is 3. The molecule has 0 radical (unpaired) electrons. The number of ether oxygens (including phenoxy) is 2. The summed E-state index contributed by atoms with van der Waals surface area (Å²) in [5, 5.41) is 28.1. The number of alkyl halides is 6. The molecule has 0 spiro atoms. The third-order valence-electron chi connectivity index (χ3n) is 4.69. The first-order chi connectivity index (χ1) is 16.8. The third-order valence-corrected chi connectivity index (χ3v) is 4.69. The van der Waals surface area contributed by atoms with Gasteiger partial charge in [-0.1, -0.05) is 6.07 Å². The lowest BCUT2D eigenvalue weighted by Crippen LogP contribution is -2.14. The molecule has 0 aromatic heterocycles. The topological polar surface area (TPSA) is 103 Å². The van der Waals surface area contributed by atoms with Gasteiger partial charge in [-0.25, -0.2) is 25.1 Å². The predicted molar refractivity (Wildman–Crippen MR) is 105 cm³/mol. The molecule has 0 N–H and O–H groups in total. The SMILES string of the molecule is [C-]#[N+]C1=C(OC(F)(F)F)/C(=C(/C#N)[N+]#[C-])c2cc3c(cc21)C(C#N)=C(OC(F)(F)F)/C3=C(\C#N)[N+]#[C-]. The van der Waals surface area contributed by atoms with Crippen molar-refractivity contribution in [2.45, 2.75) is 12.7 Å². The Labute approximate surface area is 197 Å². The van der Waals surface area contributed by atoms with E-state index in [4.69, 9.17) is 19.7 Å². The molecule has 0 unspecified atom stereocenters. The Kier molecular flexibility index (Phi) is 5.94. The molecule has 0 saturated heterocycles. The maximum Gasteiger partial charge on any atom is 0.573 e. The van der Waals surface area contributed by atoms with Crippen LogP contribution in [0.4, 0.5) is 26.3 Å². The minimum atomic E-state index is -5.37. The smallest absolute Gasteiger partial charge is 0.418 e. The van der Waals surface area contributed by atoms with E-state index in [-0.39, 0.29) is 0 Å². The molecule has 174 valence electrons. The Bertz CT molecular complexity index is 1460. The fourth-order valence-electron chi connectivity index (χ4n) is 3.55. The van der Waals surface area contributed by atoms with Crippen LogP contribution in [0.2, 0.25) is 0 Å². The van der Waals surface area contributed by atoms with Crippen molar-refractivity contribution in [1.82, 2.24) is 0 Å². The minimum Gasteiger partial charge on any atom is -0.418 e. The second-order valence-corrected chi connectivity index (χ2v) is 6.54. The molecule has 0 saturated carbocycles. The van der Waals surface area contributed by atoms with Gasteiger partial charge in [0.1, 0.15) is 23.2 Å². The first-order valence-electron chi connectivity index (χ1n) is 8.87. The highest BCUT2D eigenvalue weighted by Crippen LogP contribution is 2.52. The van der Waals surface area contributed by atoms with E-state index in [1.807, 2.05) is 0 Å². The van der Waals surface area contributed by atoms with Crippen molar-refractivity contribution in [3.05, 3.63) is 91.6 Å². The number of hydrogen-bond donors (Lipinski definition) is 0. The molecule has 1 aromatic rings. The molecule has 14 heteroatoms. The Balaban J connectivity index is 2.53. The lowest BCUT2D eigenvalue weighted by Gasteiger charge is -2.14. The monoisotopic (exact) mass is 496 g/mol. The number of hydrogen-bond acceptors (Lipinski definition) is 5. The largest absolute Gasteiger partial charge is 0.573 e. The van der Waals surface area contributed by atoms with Gasteiger partial charge in [-0.3, -0.25) is 0 Å². The molecule has 0 aliphatic heterocycles. The van der Waals surface area contributed by atoms with Gasteiger partial charge >= 0.3 is 12.7 Å². The highest BCUT2D eigenvalue weighted by Gasteiger charge is 2.44. The average Bonchev–Trinajstić information content (AvgIpc) is 3.23. The fraction of sp³-hybridized carbons (Fsp3) is 0.0909. The standard InChI is InChI=1S/C22H2F6N6O2/c1-32-14(7-30)16-10-5-11-12(4-9(10)13(6-29)19(16)35-21(23,24)25)18(34-3)20(36-22(26,27)28)17(11)15(8-31)33-2/h4-5H/b16-14+,17-15-. The molecule has 0 amide bonds. The van der Waals surface area contributed by atoms with Crippen molar-refractivity contribution in [3.8, 4) is 18.2 Å². The van der Waals surface area contributed by atoms with Crippen LogP contribution in [0.5, 0.6) is 0 Å². The van der Waals surface area contributed by atoms with Gasteiger partial charge < -0.3 is 9.47 Å². The summed E-state index contributed by atoms with van der Waals surface area (Å²) in [6, 6.07) is 5.92. The number of rotatable bonds is 2. The van der Waals surface area contributed by atoms with Crippen LogP contribution in [0.3, 0.4) is 0 Å². The number of halogens is 6. The molecule has 8 nitrogen and oxygen atoms in total. The van der Waals surface area contributed by atoms with E-state index < -0.39 is 80.3 Å². The summed E-state index contributed by atoms with van der Waals surface area (Å²) in [7, 11) is 0. The van der Waals surface area contributed by atoms with Crippen molar-refractivity contribution >= 4 is 22.4 Å². The van der Waals surface area contributed by atoms with Crippen LogP contribution < -0.4 is 0 Å². The van der Waals surface area contributed by atoms with Gasteiger partial charge in [-0.2, -0.15) is 5.26 Å². The summed E-state index contributed by atoms with van der Waals surface area (Å²) in [4.78, 5) is 8.66. The number of nitrogens with zero attached hydrogens (tertiary/aromatic N) is 6. The quantitative estimate of drug-likeness (QED) is 0.288. The first kappa shape index (κ1) is 24.9. The molecular formula is C22H2F6N6O2. The zero-order valence-electron chi connectivity index (χ0n) is 16.9. The van der Waals surface area contributed by atoms with E-state index >= 15 is 0 Å². The predicted octanol–water partition coefficient (Wildman–Crippen LogP) is 5.92. The molecule has 0 bridgehead atoms. The second-order valence-electron chi connectivity index (χ2n) is 6.54. The summed E-state index contributed by atoms with van der Waals surface area (Å²) in [5.41, 5.74) is -6.70. The summed E-state index contributed by atoms with van der Waals surface area (Å²) in [6.45, 7) is 21.6. The zero-order chi connectivity index (χ0) is 27.0. The van der Waals surface area contributed by atoms with E-state index in [0.717, 1.165) is 12.1 Å². The molecular weight excluding hydrogens is 494 g/mol. The van der Waals surface area contributed by atoms with Crippen LogP contribution >= 0.6 is 0 Å². The van der Waals surface area contributed by atoms with E-state index in [2.05, 4.69) is 24.0 Å². The Morgan fingerprint density at radius 3 is 1.58 bits per heavy atom. The Hall–Kier alpha value is -5.70. The summed E-state index contributed by atoms with van der Waals surface area (Å²) in [5.74, 6) is -2.40. The van der Waals surface area contributed by atoms with Crippen molar-refractivity contribution in [1.29, 1.82) is 15.8 Å². The lowest BCUT2D eigenvalue weighted by atomic mass is 9.94. The van der Waals surface area contributed by atoms with E-state index in [1.165, 1.54) is 18.2 Å². The van der Waals surface area contributed by atoms with Crippen molar-refractivity contribution < 1.29 is 35.8 Å². The van der Waals surface area contributed by atoms with Gasteiger partial charge in [0.25, 0.3) is 11.4 Å². The summed E-state index contributed by atoms with van der Waals surface area (Å²) >= 11 is 0. The highest BCUT2D eigenvalue weighted by molar-refractivity contribution is 6.09. The van der Waals surface area contributed by atoms with Crippen LogP contribution in [0.25, 0.3) is 37.0 Å². The van der Waals surface area contributed by atoms with Crippen LogP contribution in [0.15, 0.2) is 35.0 Å². The van der Waals surface area contributed by atoms with Crippen LogP contribution in [-0.2, 0) is 9.47 Å². The summed E-state index contributed by atoms with van der Waals surface area (Å²) < 4.78 is 86.5. The molecule has 0 fully saturated rings. The van der Waals surface area contributed by atoms with Gasteiger partial charge in [-0.15, -0.1) is 26.3 Å². The Morgan fingerprint density at radius 2 is 1.17 bits per heavy atom. The Morgan fingerprint density at radius 1 is 0.722 bits per heavy atom. The average molecular weight is 496 g/mol. The minimum absolute atomic E-state index is 0.392. The number of fused-ring (bicyclic) bond motifs is 2. The van der Waals surface area contributed by atoms with Gasteiger partial charge in [0.2, 0.25) is 5.70 Å². The molecule has 2 aliphatic carbocycles. The zero-order valence-corrected chi connectivity index (χ0v) is 16.9. The molecule has 0 atom stereocenters. The van der Waals surface area contributed by atoms with Crippen molar-refractivity contribution in [2.75, 3.05) is 0 Å². The highest BCUT2D eigenvalue weighted by atomic mass is 19.4. The van der Waals surface area contributed by atoms with Crippen molar-refractivity contribution in [3.63, 3.8) is 0 Å². The van der Waals surface area contributed by atoms with Gasteiger partial charge in [0, 0.05) is 16.7 Å². The van der Waals surface area contributed by atoms with Gasteiger partial charge in [-0.05, 0) is 22.8 Å². The molecule has 2 aliphatic rings. The maximum atomic E-state index is 13.1. The fourth-order valence-corrected chi connectivity index (χ4v) is 3.55. The number of benzene rings is 1. The van der Waals surface area contributed by atoms with E-state index in [1.54, 1.807) is 0 Å². The molecule has 3 rings (SSSR count). The van der Waals surface area contributed by atoms with E-state index in [0.29, 0.717) is 0 Å². The molecule has 0 heterocycles. The maximum absolute atomic E-state index is 13.1. The first-order valence-corrected chi connectivity index (χ1v) is 8.87. The van der Waals surface area contributed by atoms with Crippen LogP contribution in [0, 0.1) is 53.7 Å². The molecule has 1 aromatic carbocycles. The van der Waals surface area contributed by atoms with E-state index in [9.17, 15) is 42.1 Å². The van der Waals surface area contributed by atoms with Gasteiger partial charge in [0.05, 0.1) is 31.9 Å². The molecule has 36 heavy (non-hydrogen) atoms. The van der Waals surface area contributed by atoms with Crippen LogP contribution in [-0.4, -0.2) is 12.7 Å². The number of allylic oxidation sites excluding steroid dienone is 5. The van der Waals surface area contributed by atoms with Crippen LogP contribution in [0.1, 0.15) is 22.3 Å². The second kappa shape index (κ2) is 8.58. The lowest BCUT2D eigenvalue weighted by molar-refractivity contribution is -0.303. The normalized spacial score (nSPS) is 16.9. The summed E-state index contributed by atoms with van der Waals surface area (Å²) in [6.07, 6.45) is -10.7. The van der Waals surface area contributed by atoms with Gasteiger partial charge in [0.15, 0.2) is 0 Å². The van der Waals surface area contributed by atoms with Crippen molar-refractivity contribution in [2.24, 2.45) is 0 Å².